The Bertz CT molecular complexity index is 424. The summed E-state index contributed by atoms with van der Waals surface area (Å²) in [4.78, 5) is 4.26. The predicted octanol–water partition coefficient (Wildman–Crippen LogP) is 1.62. The van der Waals surface area contributed by atoms with Crippen LogP contribution in [0.15, 0.2) is 24.3 Å². The van der Waals surface area contributed by atoms with Gasteiger partial charge in [0.2, 0.25) is 0 Å². The maximum absolute atomic E-state index is 9.74. The number of rotatable bonds is 3. The summed E-state index contributed by atoms with van der Waals surface area (Å²) in [5, 5.41) is 19.7. The number of aliphatic hydroxyl groups excluding tert-OH is 2. The number of thiazole rings is 1. The first kappa shape index (κ1) is 10.9. The van der Waals surface area contributed by atoms with Crippen LogP contribution >= 0.6 is 24.0 Å². The van der Waals surface area contributed by atoms with Gasteiger partial charge in [-0.05, 0) is 12.1 Å². The van der Waals surface area contributed by atoms with E-state index in [1.54, 1.807) is 0 Å². The van der Waals surface area contributed by atoms with Crippen molar-refractivity contribution in [3.05, 3.63) is 29.3 Å². The quantitative estimate of drug-likeness (QED) is 0.716. The van der Waals surface area contributed by atoms with Crippen LogP contribution < -0.4 is 0 Å². The van der Waals surface area contributed by atoms with Crippen molar-refractivity contribution < 1.29 is 10.2 Å². The summed E-state index contributed by atoms with van der Waals surface area (Å²) in [5.41, 5.74) is 0.850. The van der Waals surface area contributed by atoms with Crippen LogP contribution in [0.1, 0.15) is 11.1 Å². The third kappa shape index (κ3) is 2.15. The molecule has 15 heavy (non-hydrogen) atoms. The first-order chi connectivity index (χ1) is 7.22. The van der Waals surface area contributed by atoms with E-state index in [9.17, 15) is 10.2 Å². The summed E-state index contributed by atoms with van der Waals surface area (Å²) in [6.07, 6.45) is -1.81. The fourth-order valence-electron chi connectivity index (χ4n) is 1.28. The molecule has 2 rings (SSSR count). The molecule has 5 heteroatoms. The minimum Gasteiger partial charge on any atom is -0.389 e. The van der Waals surface area contributed by atoms with E-state index in [0.717, 1.165) is 10.2 Å². The molecular formula is C10H11NO2S2. The predicted molar refractivity (Wildman–Crippen MR) is 64.4 cm³/mol. The van der Waals surface area contributed by atoms with Crippen LogP contribution in [-0.2, 0) is 0 Å². The highest BCUT2D eigenvalue weighted by Crippen LogP contribution is 2.27. The molecule has 0 aliphatic heterocycles. The largest absolute Gasteiger partial charge is 0.389 e. The summed E-state index contributed by atoms with van der Waals surface area (Å²) < 4.78 is 1.01. The van der Waals surface area contributed by atoms with Crippen molar-refractivity contribution in [1.29, 1.82) is 0 Å². The molecule has 0 fully saturated rings. The van der Waals surface area contributed by atoms with Crippen molar-refractivity contribution in [3.8, 4) is 0 Å². The van der Waals surface area contributed by atoms with E-state index in [2.05, 4.69) is 17.6 Å². The molecule has 3 nitrogen and oxygen atoms in total. The lowest BCUT2D eigenvalue weighted by molar-refractivity contribution is 0.0337. The van der Waals surface area contributed by atoms with E-state index in [0.29, 0.717) is 5.01 Å². The van der Waals surface area contributed by atoms with Crippen LogP contribution in [-0.4, -0.2) is 27.1 Å². The van der Waals surface area contributed by atoms with Gasteiger partial charge in [-0.15, -0.1) is 11.3 Å². The lowest BCUT2D eigenvalue weighted by Gasteiger charge is -2.12. The van der Waals surface area contributed by atoms with Crippen LogP contribution in [0.3, 0.4) is 0 Å². The molecule has 0 saturated carbocycles. The third-order valence-electron chi connectivity index (χ3n) is 2.11. The van der Waals surface area contributed by atoms with Crippen molar-refractivity contribution in [2.75, 3.05) is 5.75 Å². The Kier molecular flexibility index (Phi) is 3.25. The van der Waals surface area contributed by atoms with Crippen molar-refractivity contribution >= 4 is 34.2 Å². The van der Waals surface area contributed by atoms with Gasteiger partial charge in [0.1, 0.15) is 11.1 Å². The van der Waals surface area contributed by atoms with Gasteiger partial charge in [0.15, 0.2) is 0 Å². The molecule has 0 radical (unpaired) electrons. The van der Waals surface area contributed by atoms with Gasteiger partial charge in [0.25, 0.3) is 0 Å². The average molecular weight is 241 g/mol. The molecule has 0 aliphatic rings. The molecule has 2 aromatic rings. The van der Waals surface area contributed by atoms with Crippen LogP contribution in [0.4, 0.5) is 0 Å². The zero-order chi connectivity index (χ0) is 10.8. The van der Waals surface area contributed by atoms with E-state index >= 15 is 0 Å². The first-order valence-corrected chi connectivity index (χ1v) is 5.99. The van der Waals surface area contributed by atoms with E-state index in [4.69, 9.17) is 0 Å². The molecule has 0 spiro atoms. The van der Waals surface area contributed by atoms with Gasteiger partial charge >= 0.3 is 0 Å². The second-order valence-electron chi connectivity index (χ2n) is 3.21. The Balaban J connectivity index is 2.36. The lowest BCUT2D eigenvalue weighted by atomic mass is 10.2. The van der Waals surface area contributed by atoms with Crippen LogP contribution in [0.2, 0.25) is 0 Å². The maximum atomic E-state index is 9.74. The Morgan fingerprint density at radius 1 is 1.33 bits per heavy atom. The van der Waals surface area contributed by atoms with E-state index in [1.807, 2.05) is 24.3 Å². The molecule has 2 N–H and O–H groups in total. The summed E-state index contributed by atoms with van der Waals surface area (Å²) in [5.74, 6) is 0.219. The van der Waals surface area contributed by atoms with Gasteiger partial charge in [-0.25, -0.2) is 4.98 Å². The molecule has 1 aromatic carbocycles. The zero-order valence-corrected chi connectivity index (χ0v) is 9.58. The van der Waals surface area contributed by atoms with Crippen molar-refractivity contribution in [2.45, 2.75) is 12.2 Å². The molecule has 2 atom stereocenters. The van der Waals surface area contributed by atoms with Gasteiger partial charge in [-0.3, -0.25) is 0 Å². The fraction of sp³-hybridized carbons (Fsp3) is 0.300. The molecule has 1 aromatic heterocycles. The van der Waals surface area contributed by atoms with Crippen molar-refractivity contribution in [1.82, 2.24) is 4.98 Å². The molecule has 2 unspecified atom stereocenters. The minimum atomic E-state index is -0.945. The van der Waals surface area contributed by atoms with E-state index in [-0.39, 0.29) is 5.75 Å². The van der Waals surface area contributed by atoms with Crippen molar-refractivity contribution in [2.24, 2.45) is 0 Å². The van der Waals surface area contributed by atoms with Crippen LogP contribution in [0.25, 0.3) is 10.2 Å². The highest BCUT2D eigenvalue weighted by atomic mass is 32.1. The highest BCUT2D eigenvalue weighted by Gasteiger charge is 2.20. The summed E-state index contributed by atoms with van der Waals surface area (Å²) in [7, 11) is 0. The van der Waals surface area contributed by atoms with E-state index in [1.165, 1.54) is 11.3 Å². The molecule has 1 heterocycles. The molecule has 0 aliphatic carbocycles. The Morgan fingerprint density at radius 2 is 2.07 bits per heavy atom. The number of thiol groups is 1. The third-order valence-corrected chi connectivity index (χ3v) is 3.60. The standard InChI is InChI=1S/C10H11NO2S2/c12-7(5-14)9(13)10-11-6-3-1-2-4-8(6)15-10/h1-4,7,9,12-14H,5H2. The number of hydrogen-bond donors (Lipinski definition) is 3. The van der Waals surface area contributed by atoms with Crippen LogP contribution in [0.5, 0.6) is 0 Å². The SMILES string of the molecule is OC(CS)C(O)c1nc2ccccc2s1. The smallest absolute Gasteiger partial charge is 0.132 e. The van der Waals surface area contributed by atoms with E-state index < -0.39 is 12.2 Å². The number of nitrogens with zero attached hydrogens (tertiary/aromatic N) is 1. The van der Waals surface area contributed by atoms with Gasteiger partial charge in [-0.1, -0.05) is 12.1 Å². The van der Waals surface area contributed by atoms with Gasteiger partial charge < -0.3 is 10.2 Å². The second-order valence-corrected chi connectivity index (χ2v) is 4.64. The summed E-state index contributed by atoms with van der Waals surface area (Å²) in [6, 6.07) is 7.64. The topological polar surface area (TPSA) is 53.4 Å². The number of aromatic nitrogens is 1. The molecule has 0 saturated heterocycles. The lowest BCUT2D eigenvalue weighted by Crippen LogP contribution is -2.19. The number of fused-ring (bicyclic) bond motifs is 1. The van der Waals surface area contributed by atoms with Gasteiger partial charge in [0.05, 0.1) is 16.3 Å². The second kappa shape index (κ2) is 4.49. The first-order valence-electron chi connectivity index (χ1n) is 4.55. The summed E-state index contributed by atoms with van der Waals surface area (Å²) in [6.45, 7) is 0. The number of para-hydroxylation sites is 1. The normalized spacial score (nSPS) is 15.4. The van der Waals surface area contributed by atoms with Crippen LogP contribution in [0, 0.1) is 0 Å². The maximum Gasteiger partial charge on any atom is 0.132 e. The van der Waals surface area contributed by atoms with Crippen molar-refractivity contribution in [3.63, 3.8) is 0 Å². The molecule has 0 amide bonds. The zero-order valence-electron chi connectivity index (χ0n) is 7.87. The fourth-order valence-corrected chi connectivity index (χ4v) is 2.49. The molecular weight excluding hydrogens is 230 g/mol. The van der Waals surface area contributed by atoms with Gasteiger partial charge in [0, 0.05) is 5.75 Å². The monoisotopic (exact) mass is 241 g/mol. The Hall–Kier alpha value is -0.620. The molecule has 0 bridgehead atoms. The minimum absolute atomic E-state index is 0.219. The average Bonchev–Trinajstić information content (AvgIpc) is 2.70. The molecule has 80 valence electrons. The number of hydrogen-bond acceptors (Lipinski definition) is 5. The number of benzene rings is 1. The summed E-state index contributed by atoms with van der Waals surface area (Å²) >= 11 is 5.33. The Morgan fingerprint density at radius 3 is 2.73 bits per heavy atom. The number of aliphatic hydroxyl groups is 2. The highest BCUT2D eigenvalue weighted by molar-refractivity contribution is 7.80. The van der Waals surface area contributed by atoms with Gasteiger partial charge in [-0.2, -0.15) is 12.6 Å². The Labute approximate surface area is 96.8 Å².